The van der Waals surface area contributed by atoms with Crippen LogP contribution in [0.5, 0.6) is 5.75 Å². The lowest BCUT2D eigenvalue weighted by Crippen LogP contribution is -2.57. The largest absolute Gasteiger partial charge is 0.497 e. The van der Waals surface area contributed by atoms with E-state index in [1.165, 1.54) is 35.0 Å². The minimum absolute atomic E-state index is 0.348. The average molecular weight is 393 g/mol. The number of methoxy groups -OCH3 is 1. The van der Waals surface area contributed by atoms with E-state index < -0.39 is 0 Å². The third kappa shape index (κ3) is 2.93. The van der Waals surface area contributed by atoms with Gasteiger partial charge in [-0.1, -0.05) is 37.3 Å². The van der Waals surface area contributed by atoms with Crippen LogP contribution >= 0.6 is 0 Å². The molecule has 3 nitrogen and oxygen atoms in total. The lowest BCUT2D eigenvalue weighted by Gasteiger charge is -2.43. The molecule has 0 spiro atoms. The Balaban J connectivity index is 1.41. The lowest BCUT2D eigenvalue weighted by molar-refractivity contribution is -0.967. The van der Waals surface area contributed by atoms with E-state index in [1.54, 1.807) is 7.11 Å². The molecule has 6 atom stereocenters. The van der Waals surface area contributed by atoms with Crippen LogP contribution in [0.1, 0.15) is 37.8 Å². The Morgan fingerprint density at radius 2 is 1.66 bits per heavy atom. The molecular weight excluding hydrogens is 358 g/mol. The summed E-state index contributed by atoms with van der Waals surface area (Å²) in [5.41, 5.74) is 3.06. The van der Waals surface area contributed by atoms with Gasteiger partial charge in [-0.25, -0.2) is 0 Å². The highest BCUT2D eigenvalue weighted by Gasteiger charge is 2.73. The molecule has 3 fully saturated rings. The molecule has 0 bridgehead atoms. The summed E-state index contributed by atoms with van der Waals surface area (Å²) >= 11 is 0. The smallest absolute Gasteiger partial charge is 0.118 e. The van der Waals surface area contributed by atoms with Crippen molar-refractivity contribution in [2.24, 2.45) is 17.8 Å². The van der Waals surface area contributed by atoms with E-state index >= 15 is 0 Å². The molecule has 5 rings (SSSR count). The molecule has 2 aromatic carbocycles. The maximum Gasteiger partial charge on any atom is 0.118 e. The quantitative estimate of drug-likeness (QED) is 0.641. The zero-order valence-electron chi connectivity index (χ0n) is 18.0. The molecule has 0 aromatic heterocycles. The van der Waals surface area contributed by atoms with E-state index in [2.05, 4.69) is 68.4 Å². The average Bonchev–Trinajstić information content (AvgIpc) is 3.28. The van der Waals surface area contributed by atoms with Crippen molar-refractivity contribution >= 4 is 0 Å². The first-order valence-corrected chi connectivity index (χ1v) is 11.2. The number of nitrogens with zero attached hydrogens (tertiary/aromatic N) is 1. The van der Waals surface area contributed by atoms with E-state index in [0.29, 0.717) is 17.6 Å². The highest BCUT2D eigenvalue weighted by atomic mass is 16.5. The van der Waals surface area contributed by atoms with Crippen molar-refractivity contribution in [3.05, 3.63) is 65.7 Å². The van der Waals surface area contributed by atoms with Crippen LogP contribution in [0.15, 0.2) is 54.6 Å². The maximum atomic E-state index is 6.62. The molecule has 2 aliphatic heterocycles. The molecular formula is C26H34NO2+. The van der Waals surface area contributed by atoms with Gasteiger partial charge in [0.2, 0.25) is 0 Å². The van der Waals surface area contributed by atoms with Gasteiger partial charge < -0.3 is 14.0 Å². The second kappa shape index (κ2) is 7.14. The van der Waals surface area contributed by atoms with Crippen molar-refractivity contribution < 1.29 is 14.0 Å². The summed E-state index contributed by atoms with van der Waals surface area (Å²) in [5, 5.41) is 0. The SMILES string of the molecule is COc1ccc(C[N@+]23C[C@@H](C)[C@@H]4CC[C@H]([C@@H](OCc5ccccc5)C2)[C@@]43C)cc1. The van der Waals surface area contributed by atoms with Crippen LogP contribution in [0.3, 0.4) is 0 Å². The van der Waals surface area contributed by atoms with Gasteiger partial charge in [0, 0.05) is 23.3 Å². The van der Waals surface area contributed by atoms with Crippen LogP contribution < -0.4 is 4.74 Å². The maximum absolute atomic E-state index is 6.62. The summed E-state index contributed by atoms with van der Waals surface area (Å²) in [5.74, 6) is 3.26. The van der Waals surface area contributed by atoms with E-state index in [-0.39, 0.29) is 0 Å². The van der Waals surface area contributed by atoms with Crippen molar-refractivity contribution in [3.63, 3.8) is 0 Å². The Bertz CT molecular complexity index is 851. The molecule has 2 aromatic rings. The molecule has 3 heteroatoms. The van der Waals surface area contributed by atoms with Crippen molar-refractivity contribution in [2.75, 3.05) is 20.2 Å². The summed E-state index contributed by atoms with van der Waals surface area (Å²) in [6.45, 7) is 9.37. The predicted molar refractivity (Wildman–Crippen MR) is 115 cm³/mol. The fourth-order valence-electron chi connectivity index (χ4n) is 7.29. The molecule has 0 unspecified atom stereocenters. The van der Waals surface area contributed by atoms with Gasteiger partial charge in [0.05, 0.1) is 20.3 Å². The monoisotopic (exact) mass is 392 g/mol. The highest BCUT2D eigenvalue weighted by molar-refractivity contribution is 5.27. The zero-order chi connectivity index (χ0) is 20.1. The number of ether oxygens (including phenoxy) is 2. The van der Waals surface area contributed by atoms with Crippen molar-refractivity contribution in [2.45, 2.75) is 51.5 Å². The molecule has 1 saturated carbocycles. The van der Waals surface area contributed by atoms with Gasteiger partial charge >= 0.3 is 0 Å². The Hall–Kier alpha value is -1.84. The highest BCUT2D eigenvalue weighted by Crippen LogP contribution is 2.62. The third-order valence-electron chi connectivity index (χ3n) is 8.57. The Morgan fingerprint density at radius 1 is 0.931 bits per heavy atom. The molecule has 3 aliphatic rings. The van der Waals surface area contributed by atoms with E-state index in [4.69, 9.17) is 9.47 Å². The number of rotatable bonds is 6. The van der Waals surface area contributed by atoms with Gasteiger partial charge in [-0.05, 0) is 49.6 Å². The molecule has 0 amide bonds. The number of benzene rings is 2. The fraction of sp³-hybridized carbons (Fsp3) is 0.538. The van der Waals surface area contributed by atoms with Gasteiger partial charge in [0.15, 0.2) is 0 Å². The molecule has 29 heavy (non-hydrogen) atoms. The van der Waals surface area contributed by atoms with Crippen LogP contribution in [0.4, 0.5) is 0 Å². The minimum atomic E-state index is 0.348. The second-order valence-corrected chi connectivity index (χ2v) is 9.84. The van der Waals surface area contributed by atoms with Gasteiger partial charge in [-0.2, -0.15) is 0 Å². The number of hydrogen-bond acceptors (Lipinski definition) is 2. The summed E-state index contributed by atoms with van der Waals surface area (Å²) in [6, 6.07) is 19.4. The minimum Gasteiger partial charge on any atom is -0.497 e. The first-order valence-electron chi connectivity index (χ1n) is 11.2. The van der Waals surface area contributed by atoms with Crippen LogP contribution in [-0.2, 0) is 17.9 Å². The van der Waals surface area contributed by atoms with Crippen LogP contribution in [0.25, 0.3) is 0 Å². The van der Waals surface area contributed by atoms with Crippen LogP contribution in [0, 0.1) is 17.8 Å². The number of quaternary nitrogens is 1. The van der Waals surface area contributed by atoms with Crippen LogP contribution in [0.2, 0.25) is 0 Å². The fourth-order valence-corrected chi connectivity index (χ4v) is 7.29. The molecule has 154 valence electrons. The second-order valence-electron chi connectivity index (χ2n) is 9.84. The van der Waals surface area contributed by atoms with E-state index in [9.17, 15) is 0 Å². The third-order valence-corrected chi connectivity index (χ3v) is 8.57. The van der Waals surface area contributed by atoms with Crippen molar-refractivity contribution in [1.82, 2.24) is 0 Å². The van der Waals surface area contributed by atoms with Crippen molar-refractivity contribution in [3.8, 4) is 5.75 Å². The normalized spacial score (nSPS) is 37.6. The molecule has 0 N–H and O–H groups in total. The topological polar surface area (TPSA) is 18.5 Å². The number of hydrogen-bond donors (Lipinski definition) is 0. The summed E-state index contributed by atoms with van der Waals surface area (Å²) in [7, 11) is 1.74. The summed E-state index contributed by atoms with van der Waals surface area (Å²) in [4.78, 5) is 0. The predicted octanol–water partition coefficient (Wildman–Crippen LogP) is 5.05. The summed E-state index contributed by atoms with van der Waals surface area (Å²) < 4.78 is 13.2. The lowest BCUT2D eigenvalue weighted by atomic mass is 9.80. The van der Waals surface area contributed by atoms with E-state index in [0.717, 1.165) is 37.3 Å². The molecule has 1 aliphatic carbocycles. The molecule has 2 saturated heterocycles. The van der Waals surface area contributed by atoms with Gasteiger partial charge in [0.25, 0.3) is 0 Å². The Kier molecular flexibility index (Phi) is 4.71. The standard InChI is InChI=1S/C26H34NO2/c1-19-15-27(16-20-9-11-22(28-3)12-10-20)17-25(24-14-13-23(19)26(24,27)2)29-18-21-7-5-4-6-8-21/h4-12,19,23-25H,13-18H2,1-3H3/q+1/t19-,23+,24-,25+,26-,27-/m1/s1. The first-order chi connectivity index (χ1) is 14.1. The molecule has 0 radical (unpaired) electrons. The molecule has 2 heterocycles. The summed E-state index contributed by atoms with van der Waals surface area (Å²) in [6.07, 6.45) is 3.07. The Labute approximate surface area is 175 Å². The zero-order valence-corrected chi connectivity index (χ0v) is 18.0. The van der Waals surface area contributed by atoms with Gasteiger partial charge in [-0.3, -0.25) is 0 Å². The van der Waals surface area contributed by atoms with Gasteiger partial charge in [0.1, 0.15) is 30.5 Å². The van der Waals surface area contributed by atoms with Crippen molar-refractivity contribution in [1.29, 1.82) is 0 Å². The Morgan fingerprint density at radius 3 is 2.38 bits per heavy atom. The van der Waals surface area contributed by atoms with Crippen LogP contribution in [-0.4, -0.2) is 36.3 Å². The first kappa shape index (κ1) is 19.1. The van der Waals surface area contributed by atoms with Gasteiger partial charge in [-0.15, -0.1) is 0 Å². The van der Waals surface area contributed by atoms with E-state index in [1.807, 2.05) is 0 Å².